The minimum absolute atomic E-state index is 0.106. The van der Waals surface area contributed by atoms with Crippen LogP contribution in [0.3, 0.4) is 0 Å². The van der Waals surface area contributed by atoms with E-state index in [-0.39, 0.29) is 12.5 Å². The van der Waals surface area contributed by atoms with E-state index in [1.54, 1.807) is 24.3 Å². The number of hydrogen-bond donors (Lipinski definition) is 3. The fourth-order valence-electron chi connectivity index (χ4n) is 1.30. The van der Waals surface area contributed by atoms with Crippen LogP contribution in [0.1, 0.15) is 23.7 Å². The van der Waals surface area contributed by atoms with Crippen LogP contribution in [0.25, 0.3) is 0 Å². The van der Waals surface area contributed by atoms with Gasteiger partial charge in [-0.3, -0.25) is 9.59 Å². The topological polar surface area (TPSA) is 84.2 Å². The van der Waals surface area contributed by atoms with Crippen molar-refractivity contribution >= 4 is 17.5 Å². The Morgan fingerprint density at radius 2 is 1.88 bits per heavy atom. The summed E-state index contributed by atoms with van der Waals surface area (Å²) in [6.45, 7) is 3.13. The maximum Gasteiger partial charge on any atom is 0.248 e. The van der Waals surface area contributed by atoms with Gasteiger partial charge in [0.25, 0.3) is 0 Å². The highest BCUT2D eigenvalue weighted by Gasteiger charge is 2.03. The van der Waals surface area contributed by atoms with Gasteiger partial charge in [-0.1, -0.05) is 6.92 Å². The first kappa shape index (κ1) is 13.2. The van der Waals surface area contributed by atoms with E-state index in [1.165, 1.54) is 0 Å². The Morgan fingerprint density at radius 1 is 1.24 bits per heavy atom. The van der Waals surface area contributed by atoms with Crippen LogP contribution < -0.4 is 16.4 Å². The number of rotatable bonds is 6. The van der Waals surface area contributed by atoms with Crippen molar-refractivity contribution in [2.24, 2.45) is 5.73 Å². The lowest BCUT2D eigenvalue weighted by Gasteiger charge is -2.06. The van der Waals surface area contributed by atoms with Crippen LogP contribution in [-0.4, -0.2) is 24.9 Å². The smallest absolute Gasteiger partial charge is 0.248 e. The van der Waals surface area contributed by atoms with Crippen molar-refractivity contribution in [3.63, 3.8) is 0 Å². The van der Waals surface area contributed by atoms with E-state index in [1.807, 2.05) is 6.92 Å². The molecule has 0 fully saturated rings. The molecule has 0 spiro atoms. The molecule has 0 saturated heterocycles. The third kappa shape index (κ3) is 4.65. The van der Waals surface area contributed by atoms with Crippen LogP contribution >= 0.6 is 0 Å². The summed E-state index contributed by atoms with van der Waals surface area (Å²) >= 11 is 0. The monoisotopic (exact) mass is 235 g/mol. The Morgan fingerprint density at radius 3 is 2.41 bits per heavy atom. The van der Waals surface area contributed by atoms with Crippen molar-refractivity contribution in [2.75, 3.05) is 18.4 Å². The van der Waals surface area contributed by atoms with Crippen LogP contribution in [0, 0.1) is 0 Å². The van der Waals surface area contributed by atoms with Crippen molar-refractivity contribution in [2.45, 2.75) is 13.3 Å². The SMILES string of the molecule is CCCNCC(=O)Nc1ccc(C(N)=O)cc1. The van der Waals surface area contributed by atoms with Gasteiger partial charge in [-0.05, 0) is 37.2 Å². The van der Waals surface area contributed by atoms with Crippen molar-refractivity contribution in [3.8, 4) is 0 Å². The summed E-state index contributed by atoms with van der Waals surface area (Å²) in [5.41, 5.74) is 6.18. The molecule has 0 heterocycles. The summed E-state index contributed by atoms with van der Waals surface area (Å²) in [5.74, 6) is -0.585. The Kier molecular flexibility index (Phi) is 5.16. The number of carbonyl (C=O) groups excluding carboxylic acids is 2. The molecule has 1 rings (SSSR count). The second kappa shape index (κ2) is 6.65. The van der Waals surface area contributed by atoms with Crippen LogP contribution in [0.4, 0.5) is 5.69 Å². The minimum Gasteiger partial charge on any atom is -0.366 e. The third-order valence-corrected chi connectivity index (χ3v) is 2.17. The number of nitrogens with one attached hydrogen (secondary N) is 2. The molecule has 5 nitrogen and oxygen atoms in total. The van der Waals surface area contributed by atoms with Crippen LogP contribution in [0.15, 0.2) is 24.3 Å². The molecule has 17 heavy (non-hydrogen) atoms. The van der Waals surface area contributed by atoms with Crippen molar-refractivity contribution in [1.82, 2.24) is 5.32 Å². The summed E-state index contributed by atoms with van der Waals surface area (Å²) in [6, 6.07) is 6.46. The summed E-state index contributed by atoms with van der Waals surface area (Å²) in [6.07, 6.45) is 0.987. The predicted octanol–water partition coefficient (Wildman–Crippen LogP) is 0.724. The minimum atomic E-state index is -0.479. The van der Waals surface area contributed by atoms with E-state index in [0.29, 0.717) is 11.3 Å². The summed E-state index contributed by atoms with van der Waals surface area (Å²) in [4.78, 5) is 22.3. The predicted molar refractivity (Wildman–Crippen MR) is 66.8 cm³/mol. The van der Waals surface area contributed by atoms with Gasteiger partial charge in [-0.2, -0.15) is 0 Å². The quantitative estimate of drug-likeness (QED) is 0.635. The zero-order chi connectivity index (χ0) is 12.7. The highest BCUT2D eigenvalue weighted by Crippen LogP contribution is 2.08. The molecule has 0 atom stereocenters. The van der Waals surface area contributed by atoms with E-state index in [2.05, 4.69) is 10.6 Å². The van der Waals surface area contributed by atoms with Gasteiger partial charge in [0.05, 0.1) is 6.54 Å². The molecule has 0 radical (unpaired) electrons. The number of carbonyl (C=O) groups is 2. The Balaban J connectivity index is 2.46. The van der Waals surface area contributed by atoms with Gasteiger partial charge in [-0.25, -0.2) is 0 Å². The highest BCUT2D eigenvalue weighted by atomic mass is 16.2. The maximum absolute atomic E-state index is 11.4. The molecule has 0 unspecified atom stereocenters. The maximum atomic E-state index is 11.4. The number of anilines is 1. The average molecular weight is 235 g/mol. The molecule has 92 valence electrons. The molecular formula is C12H17N3O2. The zero-order valence-electron chi connectivity index (χ0n) is 9.82. The lowest BCUT2D eigenvalue weighted by molar-refractivity contribution is -0.115. The molecular weight excluding hydrogens is 218 g/mol. The second-order valence-corrected chi connectivity index (χ2v) is 3.67. The Hall–Kier alpha value is -1.88. The van der Waals surface area contributed by atoms with Crippen LogP contribution in [0.2, 0.25) is 0 Å². The first-order valence-corrected chi connectivity index (χ1v) is 5.54. The summed E-state index contributed by atoms with van der Waals surface area (Å²) < 4.78 is 0. The van der Waals surface area contributed by atoms with Gasteiger partial charge >= 0.3 is 0 Å². The highest BCUT2D eigenvalue weighted by molar-refractivity contribution is 5.95. The van der Waals surface area contributed by atoms with Gasteiger partial charge in [0.1, 0.15) is 0 Å². The summed E-state index contributed by atoms with van der Waals surface area (Å²) in [7, 11) is 0. The number of hydrogen-bond acceptors (Lipinski definition) is 3. The standard InChI is InChI=1S/C12H17N3O2/c1-2-7-14-8-11(16)15-10-5-3-9(4-6-10)12(13)17/h3-6,14H,2,7-8H2,1H3,(H2,13,17)(H,15,16). The molecule has 0 aromatic heterocycles. The molecule has 0 aliphatic rings. The number of primary amides is 1. The number of nitrogens with two attached hydrogens (primary N) is 1. The van der Waals surface area contributed by atoms with Gasteiger partial charge < -0.3 is 16.4 Å². The van der Waals surface area contributed by atoms with E-state index >= 15 is 0 Å². The van der Waals surface area contributed by atoms with Gasteiger partial charge in [0, 0.05) is 11.3 Å². The van der Waals surface area contributed by atoms with Gasteiger partial charge in [0.15, 0.2) is 0 Å². The Labute approximate surface area is 100 Å². The Bertz CT molecular complexity index is 387. The van der Waals surface area contributed by atoms with Crippen molar-refractivity contribution in [3.05, 3.63) is 29.8 Å². The largest absolute Gasteiger partial charge is 0.366 e. The average Bonchev–Trinajstić information content (AvgIpc) is 2.30. The fourth-order valence-corrected chi connectivity index (χ4v) is 1.30. The molecule has 1 aromatic carbocycles. The lowest BCUT2D eigenvalue weighted by atomic mass is 10.2. The van der Waals surface area contributed by atoms with Crippen molar-refractivity contribution < 1.29 is 9.59 Å². The molecule has 0 saturated carbocycles. The van der Waals surface area contributed by atoms with Gasteiger partial charge in [0.2, 0.25) is 11.8 Å². The lowest BCUT2D eigenvalue weighted by Crippen LogP contribution is -2.28. The zero-order valence-corrected chi connectivity index (χ0v) is 9.82. The van der Waals surface area contributed by atoms with E-state index < -0.39 is 5.91 Å². The van der Waals surface area contributed by atoms with Crippen LogP contribution in [0.5, 0.6) is 0 Å². The molecule has 0 aliphatic carbocycles. The molecule has 4 N–H and O–H groups in total. The second-order valence-electron chi connectivity index (χ2n) is 3.67. The molecule has 2 amide bonds. The first-order valence-electron chi connectivity index (χ1n) is 5.54. The van der Waals surface area contributed by atoms with Crippen molar-refractivity contribution in [1.29, 1.82) is 0 Å². The fraction of sp³-hybridized carbons (Fsp3) is 0.333. The molecule has 0 aliphatic heterocycles. The van der Waals surface area contributed by atoms with E-state index in [9.17, 15) is 9.59 Å². The summed E-state index contributed by atoms with van der Waals surface area (Å²) in [5, 5.41) is 5.71. The molecule has 1 aromatic rings. The number of benzene rings is 1. The van der Waals surface area contributed by atoms with E-state index in [4.69, 9.17) is 5.73 Å². The number of amides is 2. The third-order valence-electron chi connectivity index (χ3n) is 2.17. The molecule has 0 bridgehead atoms. The van der Waals surface area contributed by atoms with Gasteiger partial charge in [-0.15, -0.1) is 0 Å². The normalized spacial score (nSPS) is 9.94. The van der Waals surface area contributed by atoms with Crippen LogP contribution in [-0.2, 0) is 4.79 Å². The molecule has 5 heteroatoms. The van der Waals surface area contributed by atoms with E-state index in [0.717, 1.165) is 13.0 Å². The first-order chi connectivity index (χ1) is 8.13.